The zero-order valence-electron chi connectivity index (χ0n) is 10.6. The van der Waals surface area contributed by atoms with Crippen LogP contribution in [0.3, 0.4) is 0 Å². The molecule has 1 rings (SSSR count). The lowest BCUT2D eigenvalue weighted by molar-refractivity contribution is -0.137. The predicted octanol–water partition coefficient (Wildman–Crippen LogP) is 3.15. The summed E-state index contributed by atoms with van der Waals surface area (Å²) in [5.41, 5.74) is 0.0163. The minimum atomic E-state index is -4.37. The van der Waals surface area contributed by atoms with Gasteiger partial charge in [0.05, 0.1) is 5.56 Å². The first-order valence-electron chi connectivity index (χ1n) is 5.57. The molecule has 0 fully saturated rings. The van der Waals surface area contributed by atoms with Crippen LogP contribution in [-0.4, -0.2) is 31.3 Å². The van der Waals surface area contributed by atoms with Crippen LogP contribution in [0.25, 0.3) is 0 Å². The smallest absolute Gasteiger partial charge is 0.309 e. The largest absolute Gasteiger partial charge is 0.416 e. The van der Waals surface area contributed by atoms with E-state index in [1.54, 1.807) is 0 Å². The standard InChI is InChI=1S/C13H16F3NO/c1-9-8-10(13(14,15)16)4-5-11(9)12(18)6-7-17(2)3/h4-5,8H,6-7H2,1-3H3. The minimum Gasteiger partial charge on any atom is -0.309 e. The molecule has 0 aliphatic carbocycles. The molecule has 0 saturated carbocycles. The molecule has 0 bridgehead atoms. The van der Waals surface area contributed by atoms with Gasteiger partial charge in [-0.15, -0.1) is 0 Å². The fourth-order valence-corrected chi connectivity index (χ4v) is 1.61. The maximum absolute atomic E-state index is 12.5. The van der Waals surface area contributed by atoms with Crippen molar-refractivity contribution in [1.29, 1.82) is 0 Å². The van der Waals surface area contributed by atoms with Crippen LogP contribution in [0.15, 0.2) is 18.2 Å². The number of Topliss-reactive ketones (excluding diaryl/α,β-unsaturated/α-hetero) is 1. The normalized spacial score (nSPS) is 11.9. The summed E-state index contributed by atoms with van der Waals surface area (Å²) in [5, 5.41) is 0. The first-order chi connectivity index (χ1) is 8.21. The van der Waals surface area contributed by atoms with Crippen molar-refractivity contribution >= 4 is 5.78 Å². The van der Waals surface area contributed by atoms with Gasteiger partial charge in [-0.2, -0.15) is 13.2 Å². The molecular formula is C13H16F3NO. The van der Waals surface area contributed by atoms with Crippen molar-refractivity contribution in [1.82, 2.24) is 4.90 Å². The fraction of sp³-hybridized carbons (Fsp3) is 0.462. The van der Waals surface area contributed by atoms with E-state index in [0.717, 1.165) is 12.1 Å². The highest BCUT2D eigenvalue weighted by molar-refractivity contribution is 5.97. The molecule has 0 spiro atoms. The van der Waals surface area contributed by atoms with E-state index in [9.17, 15) is 18.0 Å². The van der Waals surface area contributed by atoms with Crippen LogP contribution in [-0.2, 0) is 6.18 Å². The molecule has 0 heterocycles. The van der Waals surface area contributed by atoms with Gasteiger partial charge in [0, 0.05) is 18.5 Å². The van der Waals surface area contributed by atoms with E-state index in [1.165, 1.54) is 13.0 Å². The topological polar surface area (TPSA) is 20.3 Å². The molecule has 0 aliphatic heterocycles. The number of carbonyl (C=O) groups excluding carboxylic acids is 1. The Bertz CT molecular complexity index is 438. The van der Waals surface area contributed by atoms with Crippen molar-refractivity contribution in [3.63, 3.8) is 0 Å². The SMILES string of the molecule is Cc1cc(C(F)(F)F)ccc1C(=O)CCN(C)C. The number of hydrogen-bond donors (Lipinski definition) is 0. The second-order valence-electron chi connectivity index (χ2n) is 4.50. The summed E-state index contributed by atoms with van der Waals surface area (Å²) in [6.07, 6.45) is -4.06. The van der Waals surface area contributed by atoms with Crippen LogP contribution in [0.2, 0.25) is 0 Å². The molecule has 1 aromatic rings. The molecule has 0 amide bonds. The average molecular weight is 259 g/mol. The monoisotopic (exact) mass is 259 g/mol. The van der Waals surface area contributed by atoms with E-state index >= 15 is 0 Å². The molecule has 100 valence electrons. The number of nitrogens with zero attached hydrogens (tertiary/aromatic N) is 1. The summed E-state index contributed by atoms with van der Waals surface area (Å²) in [4.78, 5) is 13.7. The Hall–Kier alpha value is -1.36. The summed E-state index contributed by atoms with van der Waals surface area (Å²) < 4.78 is 37.4. The summed E-state index contributed by atoms with van der Waals surface area (Å²) in [6, 6.07) is 3.23. The molecule has 5 heteroatoms. The van der Waals surface area contributed by atoms with Gasteiger partial charge in [0.15, 0.2) is 5.78 Å². The number of carbonyl (C=O) groups is 1. The highest BCUT2D eigenvalue weighted by Crippen LogP contribution is 2.30. The quantitative estimate of drug-likeness (QED) is 0.774. The van der Waals surface area contributed by atoms with Crippen LogP contribution in [0.1, 0.15) is 27.9 Å². The van der Waals surface area contributed by atoms with E-state index in [2.05, 4.69) is 0 Å². The summed E-state index contributed by atoms with van der Waals surface area (Å²) >= 11 is 0. The zero-order chi connectivity index (χ0) is 13.9. The zero-order valence-corrected chi connectivity index (χ0v) is 10.6. The van der Waals surface area contributed by atoms with Gasteiger partial charge < -0.3 is 4.90 Å². The molecule has 0 saturated heterocycles. The van der Waals surface area contributed by atoms with Crippen molar-refractivity contribution in [2.24, 2.45) is 0 Å². The van der Waals surface area contributed by atoms with Gasteiger partial charge in [0.1, 0.15) is 0 Å². The molecule has 0 unspecified atom stereocenters. The maximum Gasteiger partial charge on any atom is 0.416 e. The van der Waals surface area contributed by atoms with Crippen LogP contribution in [0, 0.1) is 6.92 Å². The van der Waals surface area contributed by atoms with Crippen molar-refractivity contribution in [3.05, 3.63) is 34.9 Å². The van der Waals surface area contributed by atoms with Crippen molar-refractivity contribution in [3.8, 4) is 0 Å². The molecule has 0 aromatic heterocycles. The van der Waals surface area contributed by atoms with Gasteiger partial charge in [-0.1, -0.05) is 6.07 Å². The van der Waals surface area contributed by atoms with Crippen LogP contribution in [0.5, 0.6) is 0 Å². The molecule has 0 aliphatic rings. The van der Waals surface area contributed by atoms with Gasteiger partial charge in [-0.3, -0.25) is 4.79 Å². The lowest BCUT2D eigenvalue weighted by Gasteiger charge is -2.12. The molecule has 2 nitrogen and oxygen atoms in total. The number of rotatable bonds is 4. The fourth-order valence-electron chi connectivity index (χ4n) is 1.61. The van der Waals surface area contributed by atoms with Crippen molar-refractivity contribution in [2.75, 3.05) is 20.6 Å². The summed E-state index contributed by atoms with van der Waals surface area (Å²) in [6.45, 7) is 2.11. The number of alkyl halides is 3. The van der Waals surface area contributed by atoms with E-state index in [1.807, 2.05) is 19.0 Å². The Labute approximate surface area is 104 Å². The second kappa shape index (κ2) is 5.52. The Balaban J connectivity index is 2.89. The molecule has 1 aromatic carbocycles. The van der Waals surface area contributed by atoms with Gasteiger partial charge in [0.2, 0.25) is 0 Å². The predicted molar refractivity (Wildman–Crippen MR) is 63.7 cm³/mol. The van der Waals surface area contributed by atoms with Crippen LogP contribution in [0.4, 0.5) is 13.2 Å². The van der Waals surface area contributed by atoms with E-state index in [-0.39, 0.29) is 5.78 Å². The van der Waals surface area contributed by atoms with Crippen LogP contribution >= 0.6 is 0 Å². The van der Waals surface area contributed by atoms with E-state index < -0.39 is 11.7 Å². The van der Waals surface area contributed by atoms with Crippen molar-refractivity contribution < 1.29 is 18.0 Å². The lowest BCUT2D eigenvalue weighted by atomic mass is 10.00. The lowest BCUT2D eigenvalue weighted by Crippen LogP contribution is -2.17. The maximum atomic E-state index is 12.5. The van der Waals surface area contributed by atoms with Crippen molar-refractivity contribution in [2.45, 2.75) is 19.5 Å². The molecule has 18 heavy (non-hydrogen) atoms. The third kappa shape index (κ3) is 3.84. The third-order valence-corrected chi connectivity index (χ3v) is 2.64. The first-order valence-corrected chi connectivity index (χ1v) is 5.57. The summed E-state index contributed by atoms with van der Waals surface area (Å²) in [5.74, 6) is -0.130. The van der Waals surface area contributed by atoms with Gasteiger partial charge in [-0.25, -0.2) is 0 Å². The van der Waals surface area contributed by atoms with Gasteiger partial charge in [-0.05, 0) is 38.7 Å². The third-order valence-electron chi connectivity index (χ3n) is 2.64. The molecular weight excluding hydrogens is 243 g/mol. The number of benzene rings is 1. The number of halogens is 3. The molecule has 0 atom stereocenters. The highest BCUT2D eigenvalue weighted by Gasteiger charge is 2.30. The highest BCUT2D eigenvalue weighted by atomic mass is 19.4. The van der Waals surface area contributed by atoms with E-state index in [4.69, 9.17) is 0 Å². The molecule has 0 radical (unpaired) electrons. The van der Waals surface area contributed by atoms with Gasteiger partial charge >= 0.3 is 6.18 Å². The Morgan fingerprint density at radius 3 is 2.33 bits per heavy atom. The summed E-state index contributed by atoms with van der Waals surface area (Å²) in [7, 11) is 3.68. The molecule has 0 N–H and O–H groups in total. The number of ketones is 1. The number of hydrogen-bond acceptors (Lipinski definition) is 2. The second-order valence-corrected chi connectivity index (χ2v) is 4.50. The average Bonchev–Trinajstić information content (AvgIpc) is 2.24. The Kier molecular flexibility index (Phi) is 4.51. The van der Waals surface area contributed by atoms with Crippen LogP contribution < -0.4 is 0 Å². The Morgan fingerprint density at radius 1 is 1.28 bits per heavy atom. The number of aryl methyl sites for hydroxylation is 1. The van der Waals surface area contributed by atoms with Gasteiger partial charge in [0.25, 0.3) is 0 Å². The minimum absolute atomic E-state index is 0.130. The van der Waals surface area contributed by atoms with E-state index in [0.29, 0.717) is 24.1 Å². The first kappa shape index (κ1) is 14.7. The Morgan fingerprint density at radius 2 is 1.89 bits per heavy atom.